The number of hydrogen-bond acceptors (Lipinski definition) is 2. The molecule has 2 aromatic rings. The zero-order valence-corrected chi connectivity index (χ0v) is 10.0. The molecule has 1 heterocycles. The molecule has 0 amide bonds. The van der Waals surface area contributed by atoms with Gasteiger partial charge in [-0.15, -0.1) is 0 Å². The van der Waals surface area contributed by atoms with Gasteiger partial charge in [0.1, 0.15) is 0 Å². The van der Waals surface area contributed by atoms with Crippen molar-refractivity contribution < 1.29 is 8.42 Å². The third-order valence-corrected chi connectivity index (χ3v) is 4.20. The van der Waals surface area contributed by atoms with E-state index in [-0.39, 0.29) is 0 Å². The highest BCUT2D eigenvalue weighted by Crippen LogP contribution is 2.20. The monoisotopic (exact) mass is 235 g/mol. The molecule has 0 bridgehead atoms. The molecule has 1 aromatic heterocycles. The lowest BCUT2D eigenvalue weighted by Crippen LogP contribution is -2.00. The van der Waals surface area contributed by atoms with Crippen LogP contribution in [0.5, 0.6) is 0 Å². The normalized spacial score (nSPS) is 11.6. The smallest absolute Gasteiger partial charge is 0.208 e. The van der Waals surface area contributed by atoms with Crippen LogP contribution in [0.1, 0.15) is 5.56 Å². The Morgan fingerprint density at radius 3 is 2.12 bits per heavy atom. The summed E-state index contributed by atoms with van der Waals surface area (Å²) in [5.41, 5.74) is 1.05. The highest BCUT2D eigenvalue weighted by Gasteiger charge is 2.17. The summed E-state index contributed by atoms with van der Waals surface area (Å²) in [5.74, 6) is 0. The number of aromatic nitrogens is 1. The number of rotatable bonds is 2. The molecule has 0 saturated heterocycles. The molecular weight excluding hydrogens is 222 g/mol. The Balaban J connectivity index is 2.51. The quantitative estimate of drug-likeness (QED) is 0.800. The molecule has 0 aliphatic carbocycles. The van der Waals surface area contributed by atoms with Gasteiger partial charge in [-0.05, 0) is 25.1 Å². The first kappa shape index (κ1) is 11.0. The largest absolute Gasteiger partial charge is 0.356 e. The third kappa shape index (κ3) is 1.88. The Morgan fingerprint density at radius 1 is 1.00 bits per heavy atom. The van der Waals surface area contributed by atoms with E-state index in [9.17, 15) is 8.42 Å². The number of hydrogen-bond donors (Lipinski definition) is 0. The van der Waals surface area contributed by atoms with Crippen molar-refractivity contribution in [3.63, 3.8) is 0 Å². The minimum absolute atomic E-state index is 0.332. The fourth-order valence-electron chi connectivity index (χ4n) is 1.49. The van der Waals surface area contributed by atoms with Gasteiger partial charge >= 0.3 is 0 Å². The summed E-state index contributed by atoms with van der Waals surface area (Å²) in [4.78, 5) is 0.670. The molecule has 0 N–H and O–H groups in total. The molecule has 2 rings (SSSR count). The van der Waals surface area contributed by atoms with Crippen molar-refractivity contribution in [2.45, 2.75) is 16.7 Å². The van der Waals surface area contributed by atoms with Crippen LogP contribution >= 0.6 is 0 Å². The molecule has 0 unspecified atom stereocenters. The van der Waals surface area contributed by atoms with Gasteiger partial charge in [0.15, 0.2) is 0 Å². The molecule has 4 heteroatoms. The lowest BCUT2D eigenvalue weighted by atomic mass is 10.2. The molecule has 0 fully saturated rings. The second-order valence-corrected chi connectivity index (χ2v) is 5.78. The SMILES string of the molecule is Cc1ccc(S(=O)(=O)c2ccn(C)c2)cc1. The Labute approximate surface area is 95.3 Å². The van der Waals surface area contributed by atoms with Crippen molar-refractivity contribution >= 4 is 9.84 Å². The molecule has 3 nitrogen and oxygen atoms in total. The van der Waals surface area contributed by atoms with E-state index >= 15 is 0 Å². The van der Waals surface area contributed by atoms with Gasteiger partial charge in [0.2, 0.25) is 9.84 Å². The first-order chi connectivity index (χ1) is 7.50. The van der Waals surface area contributed by atoms with Crippen LogP contribution in [0, 0.1) is 6.92 Å². The summed E-state index contributed by atoms with van der Waals surface area (Å²) in [6.45, 7) is 1.93. The molecule has 0 atom stereocenters. The van der Waals surface area contributed by atoms with E-state index in [0.29, 0.717) is 9.79 Å². The lowest BCUT2D eigenvalue weighted by Gasteiger charge is -2.02. The number of sulfone groups is 1. The second kappa shape index (κ2) is 3.79. The van der Waals surface area contributed by atoms with Gasteiger partial charge in [-0.25, -0.2) is 8.42 Å². The minimum atomic E-state index is -3.36. The summed E-state index contributed by atoms with van der Waals surface area (Å²) in [5, 5.41) is 0. The van der Waals surface area contributed by atoms with E-state index < -0.39 is 9.84 Å². The van der Waals surface area contributed by atoms with E-state index in [0.717, 1.165) is 5.56 Å². The fraction of sp³-hybridized carbons (Fsp3) is 0.167. The van der Waals surface area contributed by atoms with Crippen molar-refractivity contribution in [1.29, 1.82) is 0 Å². The van der Waals surface area contributed by atoms with Crippen molar-refractivity contribution in [1.82, 2.24) is 4.57 Å². The maximum absolute atomic E-state index is 12.1. The predicted molar refractivity (Wildman–Crippen MR) is 62.0 cm³/mol. The predicted octanol–water partition coefficient (Wildman–Crippen LogP) is 2.17. The summed E-state index contributed by atoms with van der Waals surface area (Å²) in [6.07, 6.45) is 3.33. The van der Waals surface area contributed by atoms with E-state index in [1.165, 1.54) is 0 Å². The molecule has 0 aliphatic rings. The molecule has 0 saturated carbocycles. The summed E-state index contributed by atoms with van der Waals surface area (Å²) >= 11 is 0. The molecular formula is C12H13NO2S. The summed E-state index contributed by atoms with van der Waals surface area (Å²) in [6, 6.07) is 8.48. The zero-order valence-electron chi connectivity index (χ0n) is 9.21. The standard InChI is InChI=1S/C12H13NO2S/c1-10-3-5-11(6-4-10)16(14,15)12-7-8-13(2)9-12/h3-9H,1-2H3. The van der Waals surface area contributed by atoms with E-state index in [2.05, 4.69) is 0 Å². The molecule has 0 aliphatic heterocycles. The molecule has 1 aromatic carbocycles. The van der Waals surface area contributed by atoms with Crippen LogP contribution in [0.25, 0.3) is 0 Å². The highest BCUT2D eigenvalue weighted by molar-refractivity contribution is 7.91. The van der Waals surface area contributed by atoms with Crippen LogP contribution in [-0.4, -0.2) is 13.0 Å². The average Bonchev–Trinajstić information content (AvgIpc) is 2.66. The molecule has 16 heavy (non-hydrogen) atoms. The summed E-state index contributed by atoms with van der Waals surface area (Å²) in [7, 11) is -1.56. The topological polar surface area (TPSA) is 39.1 Å². The molecule has 0 radical (unpaired) electrons. The minimum Gasteiger partial charge on any atom is -0.356 e. The van der Waals surface area contributed by atoms with Crippen LogP contribution in [0.2, 0.25) is 0 Å². The zero-order chi connectivity index (χ0) is 11.8. The van der Waals surface area contributed by atoms with Crippen LogP contribution in [0.3, 0.4) is 0 Å². The van der Waals surface area contributed by atoms with Crippen LogP contribution in [0.15, 0.2) is 52.5 Å². The summed E-state index contributed by atoms with van der Waals surface area (Å²) < 4.78 is 26.0. The fourth-order valence-corrected chi connectivity index (χ4v) is 2.80. The van der Waals surface area contributed by atoms with Gasteiger partial charge < -0.3 is 4.57 Å². The van der Waals surface area contributed by atoms with E-state index in [4.69, 9.17) is 0 Å². The highest BCUT2D eigenvalue weighted by atomic mass is 32.2. The number of nitrogens with zero attached hydrogens (tertiary/aromatic N) is 1. The van der Waals surface area contributed by atoms with Crippen molar-refractivity contribution in [2.24, 2.45) is 7.05 Å². The van der Waals surface area contributed by atoms with Gasteiger partial charge in [0.25, 0.3) is 0 Å². The lowest BCUT2D eigenvalue weighted by molar-refractivity contribution is 0.596. The van der Waals surface area contributed by atoms with Crippen LogP contribution in [-0.2, 0) is 16.9 Å². The Morgan fingerprint density at radius 2 is 1.62 bits per heavy atom. The number of aryl methyl sites for hydroxylation is 2. The maximum Gasteiger partial charge on any atom is 0.208 e. The van der Waals surface area contributed by atoms with Gasteiger partial charge in [0.05, 0.1) is 9.79 Å². The van der Waals surface area contributed by atoms with Crippen LogP contribution in [0.4, 0.5) is 0 Å². The Bertz CT molecular complexity index is 594. The van der Waals surface area contributed by atoms with Crippen LogP contribution < -0.4 is 0 Å². The van der Waals surface area contributed by atoms with E-state index in [1.807, 2.05) is 6.92 Å². The third-order valence-electron chi connectivity index (χ3n) is 2.45. The molecule has 0 spiro atoms. The first-order valence-electron chi connectivity index (χ1n) is 4.94. The Hall–Kier alpha value is -1.55. The average molecular weight is 235 g/mol. The van der Waals surface area contributed by atoms with Gasteiger partial charge in [-0.1, -0.05) is 17.7 Å². The first-order valence-corrected chi connectivity index (χ1v) is 6.42. The van der Waals surface area contributed by atoms with Crippen molar-refractivity contribution in [3.05, 3.63) is 48.3 Å². The second-order valence-electron chi connectivity index (χ2n) is 3.83. The Kier molecular flexibility index (Phi) is 2.59. The van der Waals surface area contributed by atoms with Gasteiger partial charge in [-0.3, -0.25) is 0 Å². The van der Waals surface area contributed by atoms with Crippen molar-refractivity contribution in [2.75, 3.05) is 0 Å². The van der Waals surface area contributed by atoms with Crippen molar-refractivity contribution in [3.8, 4) is 0 Å². The van der Waals surface area contributed by atoms with Gasteiger partial charge in [0, 0.05) is 19.4 Å². The molecule has 84 valence electrons. The van der Waals surface area contributed by atoms with E-state index in [1.54, 1.807) is 54.3 Å². The number of benzene rings is 1. The maximum atomic E-state index is 12.1. The van der Waals surface area contributed by atoms with Gasteiger partial charge in [-0.2, -0.15) is 0 Å².